The summed E-state index contributed by atoms with van der Waals surface area (Å²) in [5.74, 6) is -3.86. The fourth-order valence-electron chi connectivity index (χ4n) is 5.11. The number of carbonyl (C=O) groups is 3. The molecule has 0 aliphatic carbocycles. The van der Waals surface area contributed by atoms with Gasteiger partial charge in [0.1, 0.15) is 11.7 Å². The topological polar surface area (TPSA) is 96.7 Å². The van der Waals surface area contributed by atoms with Crippen LogP contribution in [0.3, 0.4) is 0 Å². The molecule has 7 nitrogen and oxygen atoms in total. The van der Waals surface area contributed by atoms with Gasteiger partial charge in [-0.1, -0.05) is 0 Å². The van der Waals surface area contributed by atoms with Crippen LogP contribution in [-0.2, 0) is 30.0 Å². The normalized spacial score (nSPS) is 34.8. The molecule has 3 heterocycles. The molecule has 158 valence electrons. The standard InChI is InChI=1S/C20H17F3N2O5/c1-9(26)29-13-7-18(2)14-15(19(13,3)30-18)17(28)25(16(14)27)11-5-4-10(8-24)12(6-11)20(21,22)23/h4-6,13-15H,7H2,1-3H3/t13-,14+,15-,18+,19-/m1/s1. The number of rotatable bonds is 2. The highest BCUT2D eigenvalue weighted by atomic mass is 19.4. The van der Waals surface area contributed by atoms with Crippen molar-refractivity contribution >= 4 is 23.5 Å². The number of carbonyl (C=O) groups excluding carboxylic acids is 3. The van der Waals surface area contributed by atoms with Crippen molar-refractivity contribution in [2.45, 2.75) is 50.7 Å². The Kier molecular flexibility index (Phi) is 4.10. The maximum absolute atomic E-state index is 13.3. The van der Waals surface area contributed by atoms with E-state index in [0.717, 1.165) is 17.0 Å². The lowest BCUT2D eigenvalue weighted by Crippen LogP contribution is -2.50. The second-order valence-corrected chi connectivity index (χ2v) is 8.21. The molecular formula is C20H17F3N2O5. The summed E-state index contributed by atoms with van der Waals surface area (Å²) in [6, 6.07) is 4.17. The van der Waals surface area contributed by atoms with E-state index in [1.807, 2.05) is 0 Å². The highest BCUT2D eigenvalue weighted by molar-refractivity contribution is 6.23. The summed E-state index contributed by atoms with van der Waals surface area (Å²) in [7, 11) is 0. The molecular weight excluding hydrogens is 405 g/mol. The molecule has 3 aliphatic rings. The minimum atomic E-state index is -4.83. The number of esters is 1. The molecule has 0 saturated carbocycles. The quantitative estimate of drug-likeness (QED) is 0.537. The number of halogens is 3. The van der Waals surface area contributed by atoms with Crippen LogP contribution in [0, 0.1) is 23.2 Å². The lowest BCUT2D eigenvalue weighted by molar-refractivity contribution is -0.159. The van der Waals surface area contributed by atoms with Crippen molar-refractivity contribution in [3.05, 3.63) is 29.3 Å². The first-order chi connectivity index (χ1) is 13.8. The molecule has 1 aromatic carbocycles. The van der Waals surface area contributed by atoms with Crippen molar-refractivity contribution in [1.82, 2.24) is 0 Å². The predicted molar refractivity (Wildman–Crippen MR) is 93.7 cm³/mol. The molecule has 0 aromatic heterocycles. The Labute approximate surface area is 169 Å². The van der Waals surface area contributed by atoms with Gasteiger partial charge in [-0.15, -0.1) is 0 Å². The third-order valence-electron chi connectivity index (χ3n) is 6.26. The van der Waals surface area contributed by atoms with Crippen molar-refractivity contribution in [3.8, 4) is 6.07 Å². The Morgan fingerprint density at radius 1 is 1.27 bits per heavy atom. The molecule has 2 amide bonds. The monoisotopic (exact) mass is 422 g/mol. The summed E-state index contributed by atoms with van der Waals surface area (Å²) in [5.41, 5.74) is -4.47. The maximum atomic E-state index is 13.3. The largest absolute Gasteiger partial charge is 0.459 e. The van der Waals surface area contributed by atoms with Crippen molar-refractivity contribution in [1.29, 1.82) is 5.26 Å². The van der Waals surface area contributed by atoms with Crippen LogP contribution in [0.5, 0.6) is 0 Å². The van der Waals surface area contributed by atoms with Gasteiger partial charge in [0.05, 0.1) is 40.3 Å². The molecule has 5 atom stereocenters. The smallest absolute Gasteiger partial charge is 0.417 e. The van der Waals surface area contributed by atoms with Gasteiger partial charge in [0.25, 0.3) is 0 Å². The lowest BCUT2D eigenvalue weighted by Gasteiger charge is -2.34. The summed E-state index contributed by atoms with van der Waals surface area (Å²) in [6.07, 6.45) is -5.40. The van der Waals surface area contributed by atoms with Gasteiger partial charge in [-0.25, -0.2) is 4.90 Å². The number of benzene rings is 1. The van der Waals surface area contributed by atoms with Gasteiger partial charge in [-0.05, 0) is 32.0 Å². The number of ether oxygens (including phenoxy) is 2. The van der Waals surface area contributed by atoms with E-state index in [1.54, 1.807) is 13.8 Å². The SMILES string of the molecule is CC(=O)O[C@@H]1C[C@]2(C)O[C@@]1(C)[C@H]1C(=O)N(c3ccc(C#N)c(C(F)(F)F)c3)C(=O)[C@H]12. The number of amides is 2. The molecule has 0 spiro atoms. The van der Waals surface area contributed by atoms with E-state index >= 15 is 0 Å². The molecule has 10 heteroatoms. The highest BCUT2D eigenvalue weighted by Crippen LogP contribution is 2.61. The highest BCUT2D eigenvalue weighted by Gasteiger charge is 2.76. The predicted octanol–water partition coefficient (Wildman–Crippen LogP) is 2.57. The molecule has 0 unspecified atom stereocenters. The van der Waals surface area contributed by atoms with E-state index in [2.05, 4.69) is 0 Å². The number of nitrogens with zero attached hydrogens (tertiary/aromatic N) is 2. The lowest BCUT2D eigenvalue weighted by atomic mass is 9.67. The Bertz CT molecular complexity index is 1030. The maximum Gasteiger partial charge on any atom is 0.417 e. The van der Waals surface area contributed by atoms with Crippen LogP contribution in [0.25, 0.3) is 0 Å². The van der Waals surface area contributed by atoms with Crippen molar-refractivity contribution in [2.75, 3.05) is 4.90 Å². The zero-order valence-electron chi connectivity index (χ0n) is 16.2. The van der Waals surface area contributed by atoms with Crippen LogP contribution >= 0.6 is 0 Å². The molecule has 4 rings (SSSR count). The zero-order chi connectivity index (χ0) is 22.2. The molecule has 0 radical (unpaired) electrons. The van der Waals surface area contributed by atoms with Gasteiger partial charge in [-0.2, -0.15) is 18.4 Å². The van der Waals surface area contributed by atoms with Gasteiger partial charge < -0.3 is 9.47 Å². The van der Waals surface area contributed by atoms with Gasteiger partial charge in [0.2, 0.25) is 11.8 Å². The summed E-state index contributed by atoms with van der Waals surface area (Å²) >= 11 is 0. The number of anilines is 1. The molecule has 3 fully saturated rings. The molecule has 30 heavy (non-hydrogen) atoms. The van der Waals surface area contributed by atoms with Crippen molar-refractivity contribution in [3.63, 3.8) is 0 Å². The van der Waals surface area contributed by atoms with E-state index in [9.17, 15) is 27.6 Å². The van der Waals surface area contributed by atoms with Gasteiger partial charge in [0.15, 0.2) is 0 Å². The van der Waals surface area contributed by atoms with E-state index in [4.69, 9.17) is 14.7 Å². The average Bonchev–Trinajstić information content (AvgIpc) is 3.14. The third-order valence-corrected chi connectivity index (χ3v) is 6.26. The molecule has 2 bridgehead atoms. The number of hydrogen-bond acceptors (Lipinski definition) is 6. The van der Waals surface area contributed by atoms with Crippen LogP contribution < -0.4 is 4.90 Å². The molecule has 3 aliphatic heterocycles. The number of alkyl halides is 3. The Morgan fingerprint density at radius 3 is 2.47 bits per heavy atom. The van der Waals surface area contributed by atoms with E-state index in [1.165, 1.54) is 13.0 Å². The Balaban J connectivity index is 1.77. The Hall–Kier alpha value is -2.93. The summed E-state index contributed by atoms with van der Waals surface area (Å²) in [6.45, 7) is 4.43. The minimum Gasteiger partial charge on any atom is -0.459 e. The van der Waals surface area contributed by atoms with Crippen LogP contribution in [0.1, 0.15) is 38.3 Å². The third kappa shape index (κ3) is 2.58. The second-order valence-electron chi connectivity index (χ2n) is 8.21. The first-order valence-electron chi connectivity index (χ1n) is 9.20. The van der Waals surface area contributed by atoms with E-state index < -0.39 is 64.2 Å². The second kappa shape index (κ2) is 6.04. The fraction of sp³-hybridized carbons (Fsp3) is 0.500. The van der Waals surface area contributed by atoms with E-state index in [-0.39, 0.29) is 12.1 Å². The minimum absolute atomic E-state index is 0.193. The molecule has 3 saturated heterocycles. The number of fused-ring (bicyclic) bond motifs is 5. The number of imide groups is 1. The van der Waals surface area contributed by atoms with Crippen molar-refractivity contribution < 1.29 is 37.0 Å². The fourth-order valence-corrected chi connectivity index (χ4v) is 5.11. The first-order valence-corrected chi connectivity index (χ1v) is 9.20. The van der Waals surface area contributed by atoms with Crippen LogP contribution in [-0.4, -0.2) is 35.1 Å². The van der Waals surface area contributed by atoms with E-state index in [0.29, 0.717) is 6.07 Å². The number of nitriles is 1. The Morgan fingerprint density at radius 2 is 1.90 bits per heavy atom. The van der Waals surface area contributed by atoms with Gasteiger partial charge >= 0.3 is 12.1 Å². The zero-order valence-corrected chi connectivity index (χ0v) is 16.2. The van der Waals surface area contributed by atoms with Gasteiger partial charge in [-0.3, -0.25) is 14.4 Å². The van der Waals surface area contributed by atoms with Crippen LogP contribution in [0.2, 0.25) is 0 Å². The van der Waals surface area contributed by atoms with Crippen LogP contribution in [0.4, 0.5) is 18.9 Å². The molecule has 1 aromatic rings. The van der Waals surface area contributed by atoms with Gasteiger partial charge in [0, 0.05) is 13.3 Å². The average molecular weight is 422 g/mol. The summed E-state index contributed by atoms with van der Waals surface area (Å²) in [4.78, 5) is 38.6. The molecule has 0 N–H and O–H groups in total. The van der Waals surface area contributed by atoms with Crippen LogP contribution in [0.15, 0.2) is 18.2 Å². The summed E-state index contributed by atoms with van der Waals surface area (Å²) in [5, 5.41) is 8.96. The number of hydrogen-bond donors (Lipinski definition) is 0. The first kappa shape index (κ1) is 20.3. The van der Waals surface area contributed by atoms with Crippen molar-refractivity contribution in [2.24, 2.45) is 11.8 Å². The summed E-state index contributed by atoms with van der Waals surface area (Å²) < 4.78 is 51.4.